The molecule has 1 heterocycles. The largest absolute Gasteiger partial charge is 0.365 e. The van der Waals surface area contributed by atoms with Crippen LogP contribution in [0.3, 0.4) is 0 Å². The van der Waals surface area contributed by atoms with Crippen molar-refractivity contribution in [3.63, 3.8) is 0 Å². The van der Waals surface area contributed by atoms with E-state index in [9.17, 15) is 0 Å². The van der Waals surface area contributed by atoms with E-state index < -0.39 is 0 Å². The van der Waals surface area contributed by atoms with Gasteiger partial charge in [0.15, 0.2) is 0 Å². The summed E-state index contributed by atoms with van der Waals surface area (Å²) in [6.07, 6.45) is 1.11. The van der Waals surface area contributed by atoms with E-state index in [2.05, 4.69) is 86.6 Å². The smallest absolute Gasteiger partial charge is 0.121 e. The van der Waals surface area contributed by atoms with Crippen molar-refractivity contribution in [2.24, 2.45) is 11.8 Å². The SMILES string of the molecule is C[C@@H](CN(C)C)C1CCOC1(c1ccccc1)c1ccccc1. The molecule has 2 aromatic carbocycles. The lowest BCUT2D eigenvalue weighted by atomic mass is 9.71. The molecular formula is C21H27NO. The van der Waals surface area contributed by atoms with Crippen LogP contribution in [0.5, 0.6) is 0 Å². The molecule has 1 saturated heterocycles. The Kier molecular flexibility index (Phi) is 4.84. The third-order valence-electron chi connectivity index (χ3n) is 5.03. The minimum atomic E-state index is -0.321. The van der Waals surface area contributed by atoms with Crippen LogP contribution < -0.4 is 0 Å². The van der Waals surface area contributed by atoms with Crippen molar-refractivity contribution in [1.82, 2.24) is 4.90 Å². The number of benzene rings is 2. The summed E-state index contributed by atoms with van der Waals surface area (Å²) in [4.78, 5) is 2.28. The third-order valence-corrected chi connectivity index (χ3v) is 5.03. The summed E-state index contributed by atoms with van der Waals surface area (Å²) < 4.78 is 6.51. The molecule has 3 rings (SSSR count). The van der Waals surface area contributed by atoms with E-state index in [1.54, 1.807) is 0 Å². The first-order chi connectivity index (χ1) is 11.1. The standard InChI is InChI=1S/C21H27NO/c1-17(16-22(2)3)20-14-15-23-21(20,18-10-6-4-7-11-18)19-12-8-5-9-13-19/h4-13,17,20H,14-16H2,1-3H3/t17-,20?/m0/s1. The van der Waals surface area contributed by atoms with Crippen molar-refractivity contribution in [3.05, 3.63) is 71.8 Å². The number of nitrogens with zero attached hydrogens (tertiary/aromatic N) is 1. The molecule has 1 fully saturated rings. The van der Waals surface area contributed by atoms with Gasteiger partial charge in [0.2, 0.25) is 0 Å². The second-order valence-corrected chi connectivity index (χ2v) is 6.95. The van der Waals surface area contributed by atoms with Gasteiger partial charge in [-0.2, -0.15) is 0 Å². The van der Waals surface area contributed by atoms with Gasteiger partial charge in [-0.3, -0.25) is 0 Å². The van der Waals surface area contributed by atoms with Crippen LogP contribution in [0.1, 0.15) is 24.5 Å². The molecule has 2 aromatic rings. The van der Waals surface area contributed by atoms with Gasteiger partial charge in [0, 0.05) is 19.1 Å². The summed E-state index contributed by atoms with van der Waals surface area (Å²) in [5.74, 6) is 1.04. The average Bonchev–Trinajstić information content (AvgIpc) is 3.02. The van der Waals surface area contributed by atoms with Crippen LogP contribution in [0, 0.1) is 11.8 Å². The molecule has 2 atom stereocenters. The van der Waals surface area contributed by atoms with Gasteiger partial charge in [-0.25, -0.2) is 0 Å². The van der Waals surface area contributed by atoms with Gasteiger partial charge >= 0.3 is 0 Å². The fraction of sp³-hybridized carbons (Fsp3) is 0.429. The predicted molar refractivity (Wildman–Crippen MR) is 95.4 cm³/mol. The minimum absolute atomic E-state index is 0.321. The maximum absolute atomic E-state index is 6.51. The van der Waals surface area contributed by atoms with E-state index in [1.165, 1.54) is 11.1 Å². The Labute approximate surface area is 140 Å². The Hall–Kier alpha value is -1.64. The molecule has 0 aliphatic carbocycles. The van der Waals surface area contributed by atoms with Gasteiger partial charge in [0.05, 0.1) is 0 Å². The van der Waals surface area contributed by atoms with E-state index in [1.807, 2.05) is 0 Å². The molecule has 0 N–H and O–H groups in total. The zero-order valence-electron chi connectivity index (χ0n) is 14.4. The van der Waals surface area contributed by atoms with E-state index >= 15 is 0 Å². The summed E-state index contributed by atoms with van der Waals surface area (Å²) in [6.45, 7) is 4.27. The maximum atomic E-state index is 6.51. The summed E-state index contributed by atoms with van der Waals surface area (Å²) in [6, 6.07) is 21.5. The monoisotopic (exact) mass is 309 g/mol. The lowest BCUT2D eigenvalue weighted by Crippen LogP contribution is -2.40. The van der Waals surface area contributed by atoms with Crippen LogP contribution in [-0.4, -0.2) is 32.1 Å². The van der Waals surface area contributed by atoms with Crippen LogP contribution >= 0.6 is 0 Å². The molecule has 0 amide bonds. The molecule has 0 radical (unpaired) electrons. The van der Waals surface area contributed by atoms with Crippen LogP contribution in [-0.2, 0) is 10.3 Å². The van der Waals surface area contributed by atoms with Crippen LogP contribution in [0.25, 0.3) is 0 Å². The minimum Gasteiger partial charge on any atom is -0.365 e. The molecule has 0 spiro atoms. The summed E-state index contributed by atoms with van der Waals surface area (Å²) in [5.41, 5.74) is 2.23. The number of hydrogen-bond donors (Lipinski definition) is 0. The van der Waals surface area contributed by atoms with Crippen molar-refractivity contribution >= 4 is 0 Å². The molecule has 1 aliphatic rings. The first-order valence-corrected chi connectivity index (χ1v) is 8.54. The van der Waals surface area contributed by atoms with Gasteiger partial charge in [0.25, 0.3) is 0 Å². The van der Waals surface area contributed by atoms with Crippen molar-refractivity contribution in [1.29, 1.82) is 0 Å². The molecule has 122 valence electrons. The van der Waals surface area contributed by atoms with Crippen LogP contribution in [0.2, 0.25) is 0 Å². The number of hydrogen-bond acceptors (Lipinski definition) is 2. The highest BCUT2D eigenvalue weighted by Gasteiger charge is 2.49. The van der Waals surface area contributed by atoms with Gasteiger partial charge in [-0.05, 0) is 37.6 Å². The zero-order valence-corrected chi connectivity index (χ0v) is 14.4. The van der Waals surface area contributed by atoms with Crippen LogP contribution in [0.4, 0.5) is 0 Å². The fourth-order valence-corrected chi connectivity index (χ4v) is 4.18. The maximum Gasteiger partial charge on any atom is 0.121 e. The molecule has 23 heavy (non-hydrogen) atoms. The van der Waals surface area contributed by atoms with Crippen molar-refractivity contribution < 1.29 is 4.74 Å². The van der Waals surface area contributed by atoms with E-state index in [-0.39, 0.29) is 5.60 Å². The number of ether oxygens (including phenoxy) is 1. The summed E-state index contributed by atoms with van der Waals surface area (Å²) in [5, 5.41) is 0. The van der Waals surface area contributed by atoms with Gasteiger partial charge in [-0.1, -0.05) is 67.6 Å². The summed E-state index contributed by atoms with van der Waals surface area (Å²) in [7, 11) is 4.30. The number of rotatable bonds is 5. The molecule has 0 aromatic heterocycles. The lowest BCUT2D eigenvalue weighted by molar-refractivity contribution is -0.00614. The zero-order chi connectivity index (χ0) is 16.3. The topological polar surface area (TPSA) is 12.5 Å². The molecule has 0 saturated carbocycles. The Morgan fingerprint density at radius 2 is 1.52 bits per heavy atom. The molecule has 1 unspecified atom stereocenters. The highest BCUT2D eigenvalue weighted by atomic mass is 16.5. The first kappa shape index (κ1) is 16.2. The lowest BCUT2D eigenvalue weighted by Gasteiger charge is -2.39. The Morgan fingerprint density at radius 3 is 2.00 bits per heavy atom. The van der Waals surface area contributed by atoms with E-state index in [0.29, 0.717) is 11.8 Å². The van der Waals surface area contributed by atoms with Crippen molar-refractivity contribution in [3.8, 4) is 0 Å². The predicted octanol–water partition coefficient (Wildman–Crippen LogP) is 4.16. The normalized spacial score (nSPS) is 21.5. The third kappa shape index (κ3) is 3.06. The Bertz CT molecular complexity index is 569. The van der Waals surface area contributed by atoms with Gasteiger partial charge in [0.1, 0.15) is 5.60 Å². The van der Waals surface area contributed by atoms with Gasteiger partial charge in [-0.15, -0.1) is 0 Å². The van der Waals surface area contributed by atoms with Crippen LogP contribution in [0.15, 0.2) is 60.7 Å². The van der Waals surface area contributed by atoms with Crippen molar-refractivity contribution in [2.75, 3.05) is 27.2 Å². The average molecular weight is 309 g/mol. The molecule has 2 nitrogen and oxygen atoms in total. The molecule has 1 aliphatic heterocycles. The summed E-state index contributed by atoms with van der Waals surface area (Å²) >= 11 is 0. The molecular weight excluding hydrogens is 282 g/mol. The van der Waals surface area contributed by atoms with E-state index in [4.69, 9.17) is 4.74 Å². The highest BCUT2D eigenvalue weighted by molar-refractivity contribution is 5.38. The van der Waals surface area contributed by atoms with Gasteiger partial charge < -0.3 is 9.64 Å². The highest BCUT2D eigenvalue weighted by Crippen LogP contribution is 2.49. The van der Waals surface area contributed by atoms with Crippen molar-refractivity contribution in [2.45, 2.75) is 18.9 Å². The second-order valence-electron chi connectivity index (χ2n) is 6.95. The first-order valence-electron chi connectivity index (χ1n) is 8.54. The fourth-order valence-electron chi connectivity index (χ4n) is 4.18. The second kappa shape index (κ2) is 6.86. The molecule has 0 bridgehead atoms. The molecule has 2 heteroatoms. The quantitative estimate of drug-likeness (QED) is 0.822. The Balaban J connectivity index is 2.09. The van der Waals surface area contributed by atoms with E-state index in [0.717, 1.165) is 19.6 Å². The Morgan fingerprint density at radius 1 is 1.00 bits per heavy atom.